The molecular weight excluding hydrogens is 981 g/mol. The highest BCUT2D eigenvalue weighted by molar-refractivity contribution is 6.13. The number of hydrogen-bond donors (Lipinski definition) is 14. The predicted octanol–water partition coefficient (Wildman–Crippen LogP) is 2.99. The number of aromatic hydroxyl groups is 2. The van der Waals surface area contributed by atoms with Crippen LogP contribution in [0.3, 0.4) is 0 Å². The number of rotatable bonds is 15. The van der Waals surface area contributed by atoms with Crippen molar-refractivity contribution in [3.8, 4) is 17.2 Å². The number of hydrogen-bond acceptors (Lipinski definition) is 16. The Bertz CT molecular complexity index is 3120. The van der Waals surface area contributed by atoms with E-state index in [9.17, 15) is 55.9 Å². The predicted molar refractivity (Wildman–Crippen MR) is 275 cm³/mol. The molecule has 1 saturated heterocycles. The summed E-state index contributed by atoms with van der Waals surface area (Å²) in [7, 11) is 0. The number of aromatic nitrogens is 3. The Morgan fingerprint density at radius 1 is 0.947 bits per heavy atom. The normalized spacial score (nSPS) is 33.1. The fourth-order valence-electron chi connectivity index (χ4n) is 13.9. The monoisotopic (exact) mass is 1040 g/mol. The molecule has 6 aliphatic rings. The largest absolute Gasteiger partial charge is 0.508 e. The van der Waals surface area contributed by atoms with Gasteiger partial charge in [-0.25, -0.2) is 9.78 Å². The number of aliphatic hydroxyl groups excluding tert-OH is 6. The summed E-state index contributed by atoms with van der Waals surface area (Å²) >= 11 is 0. The van der Waals surface area contributed by atoms with E-state index in [-0.39, 0.29) is 60.8 Å². The maximum absolute atomic E-state index is 15.5. The molecule has 4 aliphatic carbocycles. The molecule has 0 bridgehead atoms. The van der Waals surface area contributed by atoms with Crippen molar-refractivity contribution in [3.63, 3.8) is 0 Å². The fourth-order valence-corrected chi connectivity index (χ4v) is 13.9. The first-order valence-electron chi connectivity index (χ1n) is 25.7. The molecular formula is C56H62N6O14. The second-order valence-corrected chi connectivity index (χ2v) is 21.0. The van der Waals surface area contributed by atoms with Crippen LogP contribution in [0.5, 0.6) is 17.2 Å². The van der Waals surface area contributed by atoms with Crippen molar-refractivity contribution in [2.45, 2.75) is 97.2 Å². The number of carbonyl (C=O) groups excluding carboxylic acids is 1. The Balaban J connectivity index is 1.03. The van der Waals surface area contributed by atoms with E-state index in [1.807, 2.05) is 42.5 Å². The molecule has 0 spiro atoms. The molecule has 2 fully saturated rings. The van der Waals surface area contributed by atoms with E-state index in [2.05, 4.69) is 26.3 Å². The molecule has 11 rings (SSSR count). The molecule has 20 nitrogen and oxygen atoms in total. The van der Waals surface area contributed by atoms with Crippen LogP contribution in [-0.2, 0) is 19.7 Å². The third kappa shape index (κ3) is 7.88. The molecule has 15 N–H and O–H groups in total. The summed E-state index contributed by atoms with van der Waals surface area (Å²) in [5, 5.41) is 113. The molecule has 5 aromatic rings. The lowest BCUT2D eigenvalue weighted by Crippen LogP contribution is -2.67. The molecule has 1 amide bonds. The van der Waals surface area contributed by atoms with Gasteiger partial charge >= 0.3 is 11.9 Å². The van der Waals surface area contributed by atoms with Gasteiger partial charge in [-0.1, -0.05) is 48.1 Å². The highest BCUT2D eigenvalue weighted by atomic mass is 16.8. The Hall–Kier alpha value is -6.85. The first-order valence-corrected chi connectivity index (χ1v) is 25.7. The number of aliphatic hydroxyl groups is 7. The minimum atomic E-state index is -3.20. The number of phenolic OH excluding ortho intramolecular Hbond substituents is 2. The summed E-state index contributed by atoms with van der Waals surface area (Å²) < 4.78 is 11.1. The van der Waals surface area contributed by atoms with Gasteiger partial charge in [0.05, 0.1) is 24.3 Å². The lowest BCUT2D eigenvalue weighted by atomic mass is 9.53. The van der Waals surface area contributed by atoms with Crippen LogP contribution in [0.25, 0.3) is 12.2 Å². The van der Waals surface area contributed by atoms with Gasteiger partial charge in [-0.2, -0.15) is 0 Å². The number of aliphatic carboxylic acids is 1. The summed E-state index contributed by atoms with van der Waals surface area (Å²) in [6, 6.07) is 18.2. The number of phenols is 2. The number of allylic oxidation sites excluding steroid dienone is 2. The summed E-state index contributed by atoms with van der Waals surface area (Å²) in [4.78, 5) is 42.3. The molecule has 14 atom stereocenters. The molecule has 0 unspecified atom stereocenters. The number of carboxylic acids is 1. The second kappa shape index (κ2) is 19.6. The van der Waals surface area contributed by atoms with Crippen molar-refractivity contribution in [3.05, 3.63) is 142 Å². The molecule has 400 valence electrons. The van der Waals surface area contributed by atoms with Gasteiger partial charge in [0.2, 0.25) is 0 Å². The van der Waals surface area contributed by atoms with Crippen LogP contribution in [0.15, 0.2) is 103 Å². The highest BCUT2D eigenvalue weighted by Crippen LogP contribution is 2.69. The number of benzene rings is 3. The van der Waals surface area contributed by atoms with E-state index >= 15 is 4.79 Å². The minimum Gasteiger partial charge on any atom is -0.508 e. The summed E-state index contributed by atoms with van der Waals surface area (Å²) in [5.41, 5.74) is 9.15. The number of nitrogens with zero attached hydrogens (tertiary/aromatic N) is 2. The average molecular weight is 1040 g/mol. The topological polar surface area (TPSA) is 341 Å². The van der Waals surface area contributed by atoms with Gasteiger partial charge < -0.3 is 81.6 Å². The van der Waals surface area contributed by atoms with Crippen molar-refractivity contribution < 1.29 is 70.1 Å². The van der Waals surface area contributed by atoms with Gasteiger partial charge in [-0.3, -0.25) is 9.69 Å². The fraction of sp³-hybridized carbons (Fsp3) is 0.411. The zero-order chi connectivity index (χ0) is 53.4. The van der Waals surface area contributed by atoms with E-state index in [4.69, 9.17) is 15.2 Å². The SMILES string of the molecule is N[C@H]1CC[C@@H]2C=Cc3ccccc3[C@]12[C@@H]1C(CCCO)=C[C@]2(C(=O)O)[C@H]1c1cc(O)c(O[C@]3(O)O[C@H](CO)[C@@H](O)[C@H](O)[C@H]3O)cc1N2C(=O)/C=C/c1ccc(O)c([C@H]2C[C@H](CO)[C@H](CNc3ccc[nH]3)c3nc[nH]c32)c1. The Morgan fingerprint density at radius 3 is 2.51 bits per heavy atom. The number of carbonyl (C=O) groups is 2. The number of carboxylic acid groups (broad SMARTS) is 1. The molecule has 0 radical (unpaired) electrons. The van der Waals surface area contributed by atoms with Crippen LogP contribution >= 0.6 is 0 Å². The summed E-state index contributed by atoms with van der Waals surface area (Å²) in [5.74, 6) is -8.98. The van der Waals surface area contributed by atoms with Gasteiger partial charge in [0.1, 0.15) is 29.9 Å². The van der Waals surface area contributed by atoms with E-state index in [0.29, 0.717) is 42.5 Å². The van der Waals surface area contributed by atoms with E-state index < -0.39 is 95.1 Å². The third-order valence-corrected chi connectivity index (χ3v) is 17.2. The van der Waals surface area contributed by atoms with Gasteiger partial charge in [0.15, 0.2) is 23.1 Å². The second-order valence-electron chi connectivity index (χ2n) is 21.0. The Kier molecular flexibility index (Phi) is 13.2. The van der Waals surface area contributed by atoms with Gasteiger partial charge in [0.25, 0.3) is 5.91 Å². The minimum absolute atomic E-state index is 0.0392. The number of ether oxygens (including phenoxy) is 2. The average Bonchev–Trinajstić information content (AvgIpc) is 4.46. The Morgan fingerprint density at radius 2 is 1.76 bits per heavy atom. The van der Waals surface area contributed by atoms with Crippen molar-refractivity contribution in [1.29, 1.82) is 0 Å². The van der Waals surface area contributed by atoms with E-state index in [0.717, 1.165) is 39.3 Å². The van der Waals surface area contributed by atoms with Crippen LogP contribution in [0, 0.1) is 17.8 Å². The molecule has 3 aromatic carbocycles. The lowest BCUT2D eigenvalue weighted by molar-refractivity contribution is -0.422. The van der Waals surface area contributed by atoms with Crippen LogP contribution in [0.4, 0.5) is 11.5 Å². The maximum atomic E-state index is 15.5. The van der Waals surface area contributed by atoms with Crippen LogP contribution in [-0.4, -0.2) is 146 Å². The van der Waals surface area contributed by atoms with Crippen molar-refractivity contribution in [1.82, 2.24) is 15.0 Å². The zero-order valence-electron chi connectivity index (χ0n) is 41.2. The van der Waals surface area contributed by atoms with Gasteiger partial charge in [-0.05, 0) is 109 Å². The Labute approximate surface area is 436 Å². The number of amides is 1. The van der Waals surface area contributed by atoms with Crippen molar-refractivity contribution >= 4 is 35.5 Å². The van der Waals surface area contributed by atoms with E-state index in [1.54, 1.807) is 30.7 Å². The smallest absolute Gasteiger partial charge is 0.355 e. The van der Waals surface area contributed by atoms with Crippen LogP contribution in [0.2, 0.25) is 0 Å². The van der Waals surface area contributed by atoms with Gasteiger partial charge in [-0.15, -0.1) is 0 Å². The first-order chi connectivity index (χ1) is 36.6. The first kappa shape index (κ1) is 51.3. The van der Waals surface area contributed by atoms with Gasteiger partial charge in [0, 0.05) is 84.5 Å². The number of nitrogens with one attached hydrogen (secondary N) is 3. The number of H-pyrrole nitrogens is 2. The number of nitrogens with two attached hydrogens (primary N) is 1. The number of aromatic amines is 2. The molecule has 76 heavy (non-hydrogen) atoms. The van der Waals surface area contributed by atoms with Crippen LogP contribution < -0.4 is 20.7 Å². The molecule has 20 heteroatoms. The molecule has 2 aliphatic heterocycles. The zero-order valence-corrected chi connectivity index (χ0v) is 41.2. The molecule has 1 saturated carbocycles. The molecule has 4 heterocycles. The molecule has 2 aromatic heterocycles. The third-order valence-electron chi connectivity index (χ3n) is 17.2. The van der Waals surface area contributed by atoms with Crippen molar-refractivity contribution in [2.24, 2.45) is 23.5 Å². The lowest BCUT2D eigenvalue weighted by Gasteiger charge is -2.50. The number of anilines is 2. The van der Waals surface area contributed by atoms with Crippen LogP contribution in [0.1, 0.15) is 89.1 Å². The van der Waals surface area contributed by atoms with Crippen molar-refractivity contribution in [2.75, 3.05) is 36.6 Å². The quantitative estimate of drug-likeness (QED) is 0.0407. The number of imidazole rings is 1. The summed E-state index contributed by atoms with van der Waals surface area (Å²) in [6.45, 7) is -0.827. The number of fused-ring (bicyclic) bond motifs is 7. The highest BCUT2D eigenvalue weighted by Gasteiger charge is 2.71. The summed E-state index contributed by atoms with van der Waals surface area (Å²) in [6.07, 6.45) is 5.96. The van der Waals surface area contributed by atoms with E-state index in [1.165, 1.54) is 24.3 Å². The standard InChI is InChI=1S/C56H62N6O14/c57-43-15-13-32-12-11-29-5-1-2-7-37(29)55(32,43)46-30(6-4-18-63)23-54(53(72)73)47(46)35-21-40(67)41(75-56(74)52(71)51(70)50(69)42(26-65)76-56)22-38(35)62(54)45(68)16-10-28-9-14-39(66)33(19-28)34-20-31(25-64)36(49-48(34)60-27-61-49)24-59-44-8-3-17-58-44/h1-3,5,7-12,14,16-17,19,21-23,27,31-32,34,36,42-43,46-47,50-52,58-59,63-67,69-71,74H,4,6,13,15,18,20,24-26,57H2,(H,60,61)(H,72,73)/b16-10+/t31-,32+,34-,36+,42-,43+,46-,47+,50-,51+,52-,54-,55+,56+/m1/s1. The maximum Gasteiger partial charge on any atom is 0.355 e.